The number of rotatable bonds is 7. The molecule has 0 radical (unpaired) electrons. The van der Waals surface area contributed by atoms with Crippen LogP contribution in [0.25, 0.3) is 5.57 Å². The maximum Gasteiger partial charge on any atom is 0.159 e. The molecule has 5 nitrogen and oxygen atoms in total. The highest BCUT2D eigenvalue weighted by Gasteiger charge is 2.17. The number of aliphatic imine (C=N–C) groups is 1. The lowest BCUT2D eigenvalue weighted by molar-refractivity contribution is 0.680. The van der Waals surface area contributed by atoms with Crippen molar-refractivity contribution in [2.75, 3.05) is 7.05 Å². The molecule has 146 valence electrons. The predicted molar refractivity (Wildman–Crippen MR) is 120 cm³/mol. The predicted octanol–water partition coefficient (Wildman–Crippen LogP) is 4.57. The molecule has 2 rings (SSSR count). The van der Waals surface area contributed by atoms with Gasteiger partial charge in [0.1, 0.15) is 5.69 Å². The fourth-order valence-electron chi connectivity index (χ4n) is 2.65. The molecule has 2 aromatic rings. The first-order valence-electron chi connectivity index (χ1n) is 8.79. The van der Waals surface area contributed by atoms with Crippen LogP contribution in [0.5, 0.6) is 0 Å². The van der Waals surface area contributed by atoms with Gasteiger partial charge in [0.15, 0.2) is 16.8 Å². The van der Waals surface area contributed by atoms with Gasteiger partial charge in [-0.25, -0.2) is 8.89 Å². The number of nitrogens with one attached hydrogen (secondary N) is 1. The van der Waals surface area contributed by atoms with Crippen LogP contribution in [0.3, 0.4) is 0 Å². The van der Waals surface area contributed by atoms with E-state index in [-0.39, 0.29) is 0 Å². The molecular weight excluding hydrogens is 368 g/mol. The first-order valence-corrected chi connectivity index (χ1v) is 9.94. The Morgan fingerprint density at radius 2 is 1.71 bits per heavy atom. The smallest absolute Gasteiger partial charge is 0.159 e. The van der Waals surface area contributed by atoms with Crippen molar-refractivity contribution in [2.45, 2.75) is 25.7 Å². The Hall–Kier alpha value is -2.99. The third-order valence-electron chi connectivity index (χ3n) is 3.75. The third kappa shape index (κ3) is 5.27. The average Bonchev–Trinajstić information content (AvgIpc) is 3.09. The van der Waals surface area contributed by atoms with E-state index in [1.807, 2.05) is 57.2 Å². The lowest BCUT2D eigenvalue weighted by Crippen LogP contribution is -2.28. The lowest BCUT2D eigenvalue weighted by atomic mass is 10.1. The van der Waals surface area contributed by atoms with E-state index in [1.54, 1.807) is 23.9 Å². The quantitative estimate of drug-likeness (QED) is 0.417. The van der Waals surface area contributed by atoms with Crippen LogP contribution in [-0.4, -0.2) is 28.5 Å². The number of benzene rings is 1. The molecule has 1 N–H and O–H groups in total. The van der Waals surface area contributed by atoms with E-state index in [0.717, 1.165) is 22.4 Å². The molecule has 0 aliphatic heterocycles. The fraction of sp³-hybridized carbons (Fsp3) is 0.182. The van der Waals surface area contributed by atoms with Gasteiger partial charge >= 0.3 is 0 Å². The van der Waals surface area contributed by atoms with Crippen molar-refractivity contribution in [3.63, 3.8) is 0 Å². The van der Waals surface area contributed by atoms with E-state index >= 15 is 0 Å². The molecule has 0 saturated carbocycles. The van der Waals surface area contributed by atoms with Gasteiger partial charge in [-0.05, 0) is 45.0 Å². The largest absolute Gasteiger partial charge is 0.284 e. The van der Waals surface area contributed by atoms with Gasteiger partial charge in [0.2, 0.25) is 0 Å². The number of hydrogen-bond donors (Lipinski definition) is 1. The van der Waals surface area contributed by atoms with Crippen LogP contribution in [0.4, 0.5) is 0 Å². The molecule has 1 heterocycles. The van der Waals surface area contributed by atoms with Crippen LogP contribution in [0, 0.1) is 0 Å². The molecule has 1 aromatic heterocycles. The van der Waals surface area contributed by atoms with Gasteiger partial charge in [0.25, 0.3) is 0 Å². The molecule has 28 heavy (non-hydrogen) atoms. The molecule has 6 heteroatoms. The molecule has 1 atom stereocenters. The van der Waals surface area contributed by atoms with E-state index in [2.05, 4.69) is 34.2 Å². The third-order valence-corrected chi connectivity index (χ3v) is 4.83. The zero-order valence-electron chi connectivity index (χ0n) is 16.8. The normalized spacial score (nSPS) is 13.0. The van der Waals surface area contributed by atoms with E-state index in [9.17, 15) is 4.21 Å². The zero-order chi connectivity index (χ0) is 20.7. The monoisotopic (exact) mass is 394 g/mol. The summed E-state index contributed by atoms with van der Waals surface area (Å²) < 4.78 is 17.3. The van der Waals surface area contributed by atoms with Crippen molar-refractivity contribution in [1.82, 2.24) is 9.40 Å². The van der Waals surface area contributed by atoms with Crippen molar-refractivity contribution in [3.05, 3.63) is 83.7 Å². The minimum atomic E-state index is -1.44. The molecule has 0 amide bonds. The standard InChI is InChI=1S/C22H26N4OS/c1-16(2)14-18(15-17(3)4)20-12-13-21(26(20)24-6)22(23-5)25-28(27)19-10-8-7-9-11-19/h7-15H,1,6H2,2-5H3,(H,23,25)/b18-14+. The van der Waals surface area contributed by atoms with Gasteiger partial charge in [-0.3, -0.25) is 9.71 Å². The molecule has 0 saturated heterocycles. The minimum Gasteiger partial charge on any atom is -0.284 e. The van der Waals surface area contributed by atoms with E-state index in [1.165, 1.54) is 0 Å². The van der Waals surface area contributed by atoms with Crippen molar-refractivity contribution in [2.24, 2.45) is 10.1 Å². The fourth-order valence-corrected chi connectivity index (χ4v) is 3.54. The summed E-state index contributed by atoms with van der Waals surface area (Å²) in [4.78, 5) is 4.95. The first-order chi connectivity index (χ1) is 13.4. The maximum atomic E-state index is 12.6. The van der Waals surface area contributed by atoms with E-state index in [0.29, 0.717) is 16.4 Å². The molecule has 0 aliphatic rings. The molecule has 1 unspecified atom stereocenters. The molecule has 0 bridgehead atoms. The highest BCUT2D eigenvalue weighted by molar-refractivity contribution is 7.83. The van der Waals surface area contributed by atoms with Crippen LogP contribution in [0.1, 0.15) is 32.2 Å². The molecule has 1 aromatic carbocycles. The Balaban J connectivity index is 2.46. The van der Waals surface area contributed by atoms with E-state index in [4.69, 9.17) is 0 Å². The molecular formula is C22H26N4OS. The number of amidine groups is 1. The average molecular weight is 395 g/mol. The summed E-state index contributed by atoms with van der Waals surface area (Å²) in [5, 5.41) is 4.16. The van der Waals surface area contributed by atoms with Crippen molar-refractivity contribution in [3.8, 4) is 0 Å². The second-order valence-electron chi connectivity index (χ2n) is 6.48. The number of nitrogens with zero attached hydrogens (tertiary/aromatic N) is 3. The van der Waals surface area contributed by atoms with Crippen LogP contribution in [-0.2, 0) is 11.0 Å². The minimum absolute atomic E-state index is 0.465. The van der Waals surface area contributed by atoms with Crippen molar-refractivity contribution < 1.29 is 4.21 Å². The summed E-state index contributed by atoms with van der Waals surface area (Å²) in [5.74, 6) is 0.465. The SMILES string of the molecule is C=Nn1c(C(=NC)NS(=O)c2ccccc2)ccc1/C(C=C(C)C)=C/C(=C)C. The highest BCUT2D eigenvalue weighted by Crippen LogP contribution is 2.23. The Morgan fingerprint density at radius 3 is 2.25 bits per heavy atom. The second-order valence-corrected chi connectivity index (χ2v) is 7.69. The number of allylic oxidation sites excluding steroid dienone is 5. The molecule has 0 aliphatic carbocycles. The summed E-state index contributed by atoms with van der Waals surface area (Å²) in [6, 6.07) is 13.0. The highest BCUT2D eigenvalue weighted by atomic mass is 32.2. The lowest BCUT2D eigenvalue weighted by Gasteiger charge is -2.12. The summed E-state index contributed by atoms with van der Waals surface area (Å²) in [7, 11) is 0.204. The van der Waals surface area contributed by atoms with Gasteiger partial charge in [-0.15, -0.1) is 0 Å². The van der Waals surface area contributed by atoms with Crippen LogP contribution in [0.2, 0.25) is 0 Å². The Morgan fingerprint density at radius 1 is 1.07 bits per heavy atom. The maximum absolute atomic E-state index is 12.6. The summed E-state index contributed by atoms with van der Waals surface area (Å²) in [6.45, 7) is 13.7. The Kier molecular flexibility index (Phi) is 7.46. The molecule has 0 fully saturated rings. The summed E-state index contributed by atoms with van der Waals surface area (Å²) in [5.41, 5.74) is 4.57. The molecule has 0 spiro atoms. The first kappa shape index (κ1) is 21.3. The zero-order valence-corrected chi connectivity index (χ0v) is 17.6. The Labute approximate surface area is 169 Å². The van der Waals surface area contributed by atoms with Gasteiger partial charge in [-0.1, -0.05) is 48.1 Å². The topological polar surface area (TPSA) is 58.8 Å². The van der Waals surface area contributed by atoms with Gasteiger partial charge in [0, 0.05) is 19.3 Å². The number of aromatic nitrogens is 1. The van der Waals surface area contributed by atoms with Gasteiger partial charge in [0.05, 0.1) is 10.6 Å². The number of hydrogen-bond acceptors (Lipinski definition) is 3. The van der Waals surface area contributed by atoms with Crippen molar-refractivity contribution >= 4 is 29.1 Å². The second kappa shape index (κ2) is 9.80. The van der Waals surface area contributed by atoms with Crippen LogP contribution < -0.4 is 4.72 Å². The van der Waals surface area contributed by atoms with E-state index < -0.39 is 11.0 Å². The van der Waals surface area contributed by atoms with Crippen LogP contribution >= 0.6 is 0 Å². The van der Waals surface area contributed by atoms with Gasteiger partial charge < -0.3 is 0 Å². The van der Waals surface area contributed by atoms with Crippen LogP contribution in [0.15, 0.2) is 87.3 Å². The summed E-state index contributed by atoms with van der Waals surface area (Å²) >= 11 is 0. The van der Waals surface area contributed by atoms with Crippen molar-refractivity contribution in [1.29, 1.82) is 0 Å². The Bertz CT molecular complexity index is 977. The summed E-state index contributed by atoms with van der Waals surface area (Å²) in [6.07, 6.45) is 4.06. The van der Waals surface area contributed by atoms with Gasteiger partial charge in [-0.2, -0.15) is 5.10 Å².